The normalized spacial score (nSPS) is 45.8. The number of aliphatic hydroxyl groups excluding tert-OH is 1. The summed E-state index contributed by atoms with van der Waals surface area (Å²) in [7, 11) is 2.11. The maximum absolute atomic E-state index is 10.2. The van der Waals surface area contributed by atoms with E-state index in [-0.39, 0.29) is 11.6 Å². The molecule has 0 heterocycles. The molecule has 0 radical (unpaired) electrons. The van der Waals surface area contributed by atoms with Gasteiger partial charge in [0.1, 0.15) is 0 Å². The molecule has 2 nitrogen and oxygen atoms in total. The number of rotatable bonds is 5. The molecule has 0 spiro atoms. The van der Waals surface area contributed by atoms with Gasteiger partial charge in [-0.1, -0.05) is 32.4 Å². The molecular formula is C27H47NO. The number of fused-ring (bicyclic) bond motifs is 5. The molecule has 0 aromatic rings. The highest BCUT2D eigenvalue weighted by molar-refractivity contribution is 5.25. The van der Waals surface area contributed by atoms with Crippen LogP contribution < -0.4 is 5.32 Å². The van der Waals surface area contributed by atoms with E-state index in [1.807, 2.05) is 0 Å². The third-order valence-electron chi connectivity index (χ3n) is 10.7. The molecule has 3 saturated carbocycles. The Morgan fingerprint density at radius 3 is 2.62 bits per heavy atom. The zero-order chi connectivity index (χ0) is 21.0. The van der Waals surface area contributed by atoms with Crippen LogP contribution in [0.5, 0.6) is 0 Å². The quantitative estimate of drug-likeness (QED) is 0.527. The lowest BCUT2D eigenvalue weighted by molar-refractivity contribution is -0.0575. The molecule has 29 heavy (non-hydrogen) atoms. The number of hydrogen-bond donors (Lipinski definition) is 2. The fourth-order valence-electron chi connectivity index (χ4n) is 8.53. The molecule has 0 saturated heterocycles. The van der Waals surface area contributed by atoms with Gasteiger partial charge in [-0.25, -0.2) is 0 Å². The van der Waals surface area contributed by atoms with E-state index < -0.39 is 0 Å². The Balaban J connectivity index is 1.50. The van der Waals surface area contributed by atoms with Gasteiger partial charge in [-0.15, -0.1) is 0 Å². The third kappa shape index (κ3) is 3.65. The highest BCUT2D eigenvalue weighted by Crippen LogP contribution is 2.67. The van der Waals surface area contributed by atoms with E-state index in [4.69, 9.17) is 0 Å². The van der Waals surface area contributed by atoms with Crippen molar-refractivity contribution < 1.29 is 5.11 Å². The minimum atomic E-state index is -0.0849. The van der Waals surface area contributed by atoms with Gasteiger partial charge in [0.2, 0.25) is 0 Å². The minimum Gasteiger partial charge on any atom is -0.393 e. The van der Waals surface area contributed by atoms with E-state index in [1.165, 1.54) is 51.4 Å². The SMILES string of the molecule is CNC(C)(C)CC[C@@H](C)[C@H]1CCC2C3CC=C4CC(O)CCC4(C)C3CCC21C. The average Bonchev–Trinajstić information content (AvgIpc) is 3.04. The lowest BCUT2D eigenvalue weighted by Crippen LogP contribution is -2.50. The molecule has 2 heteroatoms. The first kappa shape index (κ1) is 21.9. The summed E-state index contributed by atoms with van der Waals surface area (Å²) in [5.74, 6) is 4.43. The summed E-state index contributed by atoms with van der Waals surface area (Å²) in [6, 6.07) is 0. The predicted octanol–water partition coefficient (Wildman–Crippen LogP) is 6.34. The van der Waals surface area contributed by atoms with E-state index in [0.717, 1.165) is 42.4 Å². The van der Waals surface area contributed by atoms with Crippen molar-refractivity contribution in [2.75, 3.05) is 7.05 Å². The van der Waals surface area contributed by atoms with E-state index in [9.17, 15) is 5.11 Å². The molecule has 3 fully saturated rings. The van der Waals surface area contributed by atoms with E-state index in [2.05, 4.69) is 53.1 Å². The minimum absolute atomic E-state index is 0.0849. The van der Waals surface area contributed by atoms with Gasteiger partial charge in [-0.05, 0) is 126 Å². The van der Waals surface area contributed by atoms with Gasteiger partial charge in [-0.3, -0.25) is 0 Å². The third-order valence-corrected chi connectivity index (χ3v) is 10.7. The first-order valence-corrected chi connectivity index (χ1v) is 12.7. The Hall–Kier alpha value is -0.340. The molecule has 8 atom stereocenters. The smallest absolute Gasteiger partial charge is 0.0577 e. The molecule has 4 aliphatic carbocycles. The van der Waals surface area contributed by atoms with Crippen LogP contribution in [0.15, 0.2) is 11.6 Å². The van der Waals surface area contributed by atoms with Gasteiger partial charge < -0.3 is 10.4 Å². The molecule has 2 N–H and O–H groups in total. The van der Waals surface area contributed by atoms with E-state index in [0.29, 0.717) is 10.8 Å². The van der Waals surface area contributed by atoms with Crippen molar-refractivity contribution in [3.05, 3.63) is 11.6 Å². The molecule has 0 aromatic carbocycles. The molecule has 166 valence electrons. The molecular weight excluding hydrogens is 354 g/mol. The van der Waals surface area contributed by atoms with Crippen LogP contribution in [0.1, 0.15) is 98.8 Å². The van der Waals surface area contributed by atoms with Crippen LogP contribution in [0.2, 0.25) is 0 Å². The van der Waals surface area contributed by atoms with Gasteiger partial charge in [0.25, 0.3) is 0 Å². The fourth-order valence-corrected chi connectivity index (χ4v) is 8.53. The van der Waals surface area contributed by atoms with E-state index in [1.54, 1.807) is 5.57 Å². The molecule has 0 aliphatic heterocycles. The fraction of sp³-hybridized carbons (Fsp3) is 0.926. The van der Waals surface area contributed by atoms with Gasteiger partial charge >= 0.3 is 0 Å². The number of nitrogens with one attached hydrogen (secondary N) is 1. The maximum atomic E-state index is 10.2. The summed E-state index contributed by atoms with van der Waals surface area (Å²) in [5, 5.41) is 13.7. The second-order valence-electron chi connectivity index (χ2n) is 12.5. The van der Waals surface area contributed by atoms with Gasteiger partial charge in [0, 0.05) is 5.54 Å². The Kier molecular flexibility index (Phi) is 5.78. The Bertz CT molecular complexity index is 638. The van der Waals surface area contributed by atoms with Crippen LogP contribution in [-0.4, -0.2) is 23.8 Å². The Morgan fingerprint density at radius 1 is 1.14 bits per heavy atom. The maximum Gasteiger partial charge on any atom is 0.0577 e. The summed E-state index contributed by atoms with van der Waals surface area (Å²) in [4.78, 5) is 0. The number of hydrogen-bond acceptors (Lipinski definition) is 2. The first-order chi connectivity index (χ1) is 13.6. The topological polar surface area (TPSA) is 32.3 Å². The summed E-state index contributed by atoms with van der Waals surface area (Å²) >= 11 is 0. The molecule has 6 unspecified atom stereocenters. The van der Waals surface area contributed by atoms with Crippen molar-refractivity contribution in [1.29, 1.82) is 0 Å². The Labute approximate surface area is 180 Å². The van der Waals surface area contributed by atoms with Crippen LogP contribution in [0.4, 0.5) is 0 Å². The second-order valence-corrected chi connectivity index (χ2v) is 12.5. The predicted molar refractivity (Wildman–Crippen MR) is 123 cm³/mol. The summed E-state index contributed by atoms with van der Waals surface area (Å²) in [6.07, 6.45) is 15.4. The molecule has 4 rings (SSSR count). The number of allylic oxidation sites excluding steroid dienone is 1. The van der Waals surface area contributed by atoms with Crippen molar-refractivity contribution in [3.63, 3.8) is 0 Å². The zero-order valence-corrected chi connectivity index (χ0v) is 20.1. The van der Waals surface area contributed by atoms with Crippen molar-refractivity contribution in [2.24, 2.45) is 40.4 Å². The second kappa shape index (κ2) is 7.66. The molecule has 0 amide bonds. The monoisotopic (exact) mass is 401 g/mol. The van der Waals surface area contributed by atoms with Crippen LogP contribution in [0, 0.1) is 40.4 Å². The van der Waals surface area contributed by atoms with Crippen LogP contribution >= 0.6 is 0 Å². The molecule has 4 aliphatic rings. The van der Waals surface area contributed by atoms with E-state index >= 15 is 0 Å². The molecule has 0 aromatic heterocycles. The van der Waals surface area contributed by atoms with Crippen LogP contribution in [0.25, 0.3) is 0 Å². The van der Waals surface area contributed by atoms with Gasteiger partial charge in [0.05, 0.1) is 6.10 Å². The summed E-state index contributed by atoms with van der Waals surface area (Å²) in [6.45, 7) is 12.5. The molecule has 0 bridgehead atoms. The number of aliphatic hydroxyl groups is 1. The van der Waals surface area contributed by atoms with Crippen LogP contribution in [0.3, 0.4) is 0 Å². The van der Waals surface area contributed by atoms with Crippen molar-refractivity contribution >= 4 is 0 Å². The lowest BCUT2D eigenvalue weighted by Gasteiger charge is -2.58. The Morgan fingerprint density at radius 2 is 1.90 bits per heavy atom. The zero-order valence-electron chi connectivity index (χ0n) is 20.1. The lowest BCUT2D eigenvalue weighted by atomic mass is 9.47. The highest BCUT2D eigenvalue weighted by Gasteiger charge is 2.59. The summed E-state index contributed by atoms with van der Waals surface area (Å²) in [5.41, 5.74) is 2.80. The average molecular weight is 402 g/mol. The standard InChI is InChI=1S/C27H47NO/c1-18(11-14-25(2,3)28-6)22-9-10-23-21-8-7-19-17-20(29)12-15-26(19,4)24(21)13-16-27(22,23)5/h7,18,20-24,28-29H,8-17H2,1-6H3/t18-,20?,21?,22-,23?,24?,26?,27?/m1/s1. The van der Waals surface area contributed by atoms with Crippen molar-refractivity contribution in [1.82, 2.24) is 5.32 Å². The van der Waals surface area contributed by atoms with Crippen molar-refractivity contribution in [2.45, 2.75) is 110 Å². The van der Waals surface area contributed by atoms with Crippen molar-refractivity contribution in [3.8, 4) is 0 Å². The van der Waals surface area contributed by atoms with Gasteiger partial charge in [0.15, 0.2) is 0 Å². The highest BCUT2D eigenvalue weighted by atomic mass is 16.3. The summed E-state index contributed by atoms with van der Waals surface area (Å²) < 4.78 is 0. The van der Waals surface area contributed by atoms with Crippen LogP contribution in [-0.2, 0) is 0 Å². The first-order valence-electron chi connectivity index (χ1n) is 12.7. The van der Waals surface area contributed by atoms with Gasteiger partial charge in [-0.2, -0.15) is 0 Å². The largest absolute Gasteiger partial charge is 0.393 e.